The van der Waals surface area contributed by atoms with Crippen LogP contribution in [-0.4, -0.2) is 125 Å². The number of alkyl halides is 1. The molecule has 0 unspecified atom stereocenters. The molecular formula is C60H66BClFN18O2U-. The van der Waals surface area contributed by atoms with E-state index in [4.69, 9.17) is 7.44 Å². The zero-order chi connectivity index (χ0) is 59.8. The number of aromatic amines is 3. The summed E-state index contributed by atoms with van der Waals surface area (Å²) in [7, 11) is 2.75. The maximum absolute atomic E-state index is 10.4. The van der Waals surface area contributed by atoms with Gasteiger partial charge in [-0.25, -0.2) is 43.5 Å². The Morgan fingerprint density at radius 2 is 0.976 bits per heavy atom. The van der Waals surface area contributed by atoms with Crippen LogP contribution in [0.15, 0.2) is 128 Å². The Balaban J connectivity index is 0.000000203. The topological polar surface area (TPSA) is 242 Å². The second-order valence-electron chi connectivity index (χ2n) is 18.5. The molecule has 2 radical (unpaired) electrons. The molecule has 84 heavy (non-hydrogen) atoms. The van der Waals surface area contributed by atoms with Gasteiger partial charge in [-0.1, -0.05) is 97.9 Å². The van der Waals surface area contributed by atoms with E-state index in [9.17, 15) is 9.18 Å². The van der Waals surface area contributed by atoms with E-state index in [0.717, 1.165) is 147 Å². The van der Waals surface area contributed by atoms with E-state index in [1.807, 2.05) is 184 Å². The molecule has 1 aliphatic heterocycles. The number of fused-ring (bicyclic) bond motifs is 3. The molecule has 24 heteroatoms. The van der Waals surface area contributed by atoms with Gasteiger partial charge in [-0.2, -0.15) is 10.2 Å². The Morgan fingerprint density at radius 3 is 1.40 bits per heavy atom. The van der Waals surface area contributed by atoms with Crippen LogP contribution in [0.1, 0.15) is 94.6 Å². The first kappa shape index (κ1) is 63.2. The molecule has 1 fully saturated rings. The molecule has 430 valence electrons. The molecule has 0 aliphatic carbocycles. The number of H-pyrrole nitrogens is 3. The minimum absolute atomic E-state index is 0. The molecular weight excluding hydrogens is 1310 g/mol. The zero-order valence-electron chi connectivity index (χ0n) is 49.9. The van der Waals surface area contributed by atoms with Crippen molar-refractivity contribution < 1.29 is 58.8 Å². The molecule has 0 bridgehead atoms. The standard InChI is InChI=1S/C18H18N6.C18H16N6.C10H8N2O.C9H12N4.C4H8O.CH3F.BH.ClH.U/c2*1-12-10-19-13(2)18-22-16(23-24(12)18)9-8-15-11-20-17(21-15)14-6-4-3-5-7-14;13-7-9-6-11-10(12-9)8-4-2-1-3-5-8;1-4-8-11-9-7(3)10-5-6(2)13(9)12-8;1-2-4-5-3-1;1-2;;;/h3-7,10-11H,8-9H2,1-2H3,(H,20,21);3-11H,1-2H3,(H,20,21);1-7H,(H,11,12);5H,4H2,1-3H3;1-4H2;1H3;2*1H;/p-1/b;9-8+;;;;;;;/i;;;;;2*1D;;. The van der Waals surface area contributed by atoms with Crippen LogP contribution < -0.4 is 12.4 Å². The summed E-state index contributed by atoms with van der Waals surface area (Å²) in [5.41, 5.74) is 13.7. The Labute approximate surface area is 521 Å². The molecule has 3 N–H and O–H groups in total. The second-order valence-corrected chi connectivity index (χ2v) is 18.5. The second kappa shape index (κ2) is 33.1. The van der Waals surface area contributed by atoms with Crippen molar-refractivity contribution in [3.8, 4) is 34.2 Å². The first-order valence-corrected chi connectivity index (χ1v) is 26.4. The van der Waals surface area contributed by atoms with Crippen LogP contribution in [0, 0.1) is 72.7 Å². The fourth-order valence-corrected chi connectivity index (χ4v) is 8.16. The average molecular weight is 1380 g/mol. The van der Waals surface area contributed by atoms with Gasteiger partial charge in [-0.3, -0.25) is 24.1 Å². The average Bonchev–Trinajstić information content (AvgIpc) is 4.12. The van der Waals surface area contributed by atoms with Gasteiger partial charge in [-0.05, 0) is 74.3 Å². The van der Waals surface area contributed by atoms with Crippen molar-refractivity contribution in [2.45, 2.75) is 80.6 Å². The van der Waals surface area contributed by atoms with Crippen LogP contribution in [0.25, 0.3) is 63.3 Å². The molecule has 20 nitrogen and oxygen atoms in total. The summed E-state index contributed by atoms with van der Waals surface area (Å²) < 4.78 is 31.2. The number of aldehydes is 1. The molecule has 3 aromatic carbocycles. The van der Waals surface area contributed by atoms with E-state index in [1.165, 1.54) is 19.0 Å². The predicted octanol–water partition coefficient (Wildman–Crippen LogP) is 7.15. The quantitative estimate of drug-likeness (QED) is 0.0911. The summed E-state index contributed by atoms with van der Waals surface area (Å²) in [5, 5.41) is 13.4. The van der Waals surface area contributed by atoms with Gasteiger partial charge in [0.2, 0.25) is 0 Å². The fourth-order valence-electron chi connectivity index (χ4n) is 8.16. The minimum Gasteiger partial charge on any atom is -1.00 e. The summed E-state index contributed by atoms with van der Waals surface area (Å²) in [6.07, 6.45) is 20.2. The zero-order valence-corrected chi connectivity index (χ0v) is 52.8. The third-order valence-electron chi connectivity index (χ3n) is 12.5. The van der Waals surface area contributed by atoms with Crippen LogP contribution in [0.4, 0.5) is 4.39 Å². The van der Waals surface area contributed by atoms with E-state index in [1.54, 1.807) is 12.4 Å². The van der Waals surface area contributed by atoms with Crippen LogP contribution >= 0.6 is 0 Å². The van der Waals surface area contributed by atoms with Gasteiger partial charge in [0, 0.05) is 113 Å². The minimum atomic E-state index is -1.00. The Hall–Kier alpha value is -8.35. The third kappa shape index (κ3) is 17.6. The maximum Gasteiger partial charge on any atom is 0.177 e. The summed E-state index contributed by atoms with van der Waals surface area (Å²) >= 11 is 0. The Kier molecular flexibility index (Phi) is 24.9. The van der Waals surface area contributed by atoms with E-state index in [2.05, 4.69) is 83.5 Å². The van der Waals surface area contributed by atoms with E-state index < -0.39 is 7.15 Å². The summed E-state index contributed by atoms with van der Waals surface area (Å²) in [5.74, 6) is 4.80. The first-order valence-electron chi connectivity index (χ1n) is 27.6. The fraction of sp³-hybridized carbons (Fsp3) is 0.250. The number of ether oxygens (including phenoxy) is 1. The molecule has 0 amide bonds. The number of nitrogens with one attached hydrogen (secondary N) is 3. The number of hydrogen-bond acceptors (Lipinski definition) is 14. The van der Waals surface area contributed by atoms with E-state index >= 15 is 0 Å². The molecule has 1 aliphatic rings. The number of aryl methyl sites for hydroxylation is 9. The van der Waals surface area contributed by atoms with Crippen molar-refractivity contribution in [2.24, 2.45) is 0 Å². The first-order chi connectivity index (χ1) is 40.9. The van der Waals surface area contributed by atoms with Gasteiger partial charge in [0.15, 0.2) is 40.7 Å². The van der Waals surface area contributed by atoms with Crippen LogP contribution in [0.2, 0.25) is 0 Å². The SMILES string of the molecule is C1CCOC1.CCc1nc2c(C)ncc(C)n2n1.Cc1ncc(C)n2nc(/C=C/c3cnc(-c4ccccc4)[nH]3)nc12.Cc1ncc(C)n2nc(CCc3cnc(-c4ccccc4)[nH]3)nc12.O=Cc1cnc(-c2ccccc2)[nH]1.[2H]CF.[2H][B].[Cl-].[U]. The number of imidazole rings is 3. The predicted molar refractivity (Wildman–Crippen MR) is 318 cm³/mol. The summed E-state index contributed by atoms with van der Waals surface area (Å²) in [4.78, 5) is 59.3. The number of hydrogen-bond donors (Lipinski definition) is 3. The summed E-state index contributed by atoms with van der Waals surface area (Å²) in [6.45, 7) is 15.8. The molecule has 9 aromatic heterocycles. The molecule has 13 rings (SSSR count). The molecule has 1 saturated heterocycles. The van der Waals surface area contributed by atoms with Crippen molar-refractivity contribution in [1.82, 2.24) is 88.6 Å². The monoisotopic (exact) mass is 1380 g/mol. The number of nitrogens with zero attached hydrogens (tertiary/aromatic N) is 15. The van der Waals surface area contributed by atoms with Gasteiger partial charge in [0.1, 0.15) is 17.5 Å². The normalized spacial score (nSPS) is 11.5. The number of carbonyl (C=O) groups excluding carboxylic acids is 1. The van der Waals surface area contributed by atoms with Crippen LogP contribution in [0.5, 0.6) is 0 Å². The number of aromatic nitrogens is 18. The van der Waals surface area contributed by atoms with Gasteiger partial charge in [0.05, 0.1) is 66.5 Å². The molecule has 0 saturated carbocycles. The van der Waals surface area contributed by atoms with Crippen molar-refractivity contribution in [1.29, 1.82) is 1.34 Å². The van der Waals surface area contributed by atoms with Crippen molar-refractivity contribution in [3.05, 3.63) is 197 Å². The molecule has 10 heterocycles. The van der Waals surface area contributed by atoms with Crippen molar-refractivity contribution in [3.63, 3.8) is 0 Å². The maximum atomic E-state index is 10.4. The molecule has 12 aromatic rings. The van der Waals surface area contributed by atoms with Crippen molar-refractivity contribution in [2.75, 3.05) is 20.4 Å². The van der Waals surface area contributed by atoms with Gasteiger partial charge >= 0.3 is 0 Å². The summed E-state index contributed by atoms with van der Waals surface area (Å²) in [6, 6.07) is 29.8. The smallest absolute Gasteiger partial charge is 0.177 e. The van der Waals surface area contributed by atoms with E-state index in [0.29, 0.717) is 11.5 Å². The Bertz CT molecular complexity index is 3860. The van der Waals surface area contributed by atoms with Crippen molar-refractivity contribution >= 4 is 43.8 Å². The van der Waals surface area contributed by atoms with Gasteiger partial charge in [-0.15, -0.1) is 5.10 Å². The van der Waals surface area contributed by atoms with Gasteiger partial charge in [0.25, 0.3) is 0 Å². The third-order valence-corrected chi connectivity index (χ3v) is 12.5. The number of carbonyl (C=O) groups is 1. The van der Waals surface area contributed by atoms with Crippen LogP contribution in [0.3, 0.4) is 0 Å². The largest absolute Gasteiger partial charge is 1.00 e. The van der Waals surface area contributed by atoms with Crippen LogP contribution in [-0.2, 0) is 24.0 Å². The molecule has 0 spiro atoms. The Morgan fingerprint density at radius 1 is 0.560 bits per heavy atom. The number of benzene rings is 3. The van der Waals surface area contributed by atoms with E-state index in [-0.39, 0.29) is 43.5 Å². The number of rotatable bonds is 10. The van der Waals surface area contributed by atoms with Gasteiger partial charge < -0.3 is 32.1 Å². The number of halogens is 2. The molecule has 0 atom stereocenters.